The van der Waals surface area contributed by atoms with Crippen molar-refractivity contribution in [2.75, 3.05) is 19.6 Å². The molecule has 0 bridgehead atoms. The third-order valence-electron chi connectivity index (χ3n) is 8.24. The first kappa shape index (κ1) is 47.2. The molecule has 0 unspecified atom stereocenters. The fraction of sp³-hybridized carbons (Fsp3) is 0.358. The lowest BCUT2D eigenvalue weighted by Crippen LogP contribution is -2.32. The molecule has 2 rings (SSSR count). The van der Waals surface area contributed by atoms with Crippen LogP contribution in [0.5, 0.6) is 0 Å². The molecule has 57 heavy (non-hydrogen) atoms. The van der Waals surface area contributed by atoms with Gasteiger partial charge in [-0.1, -0.05) is 102 Å². The molecule has 0 aliphatic rings. The summed E-state index contributed by atoms with van der Waals surface area (Å²) < 4.78 is 2.22. The molecule has 1 heterocycles. The van der Waals surface area contributed by atoms with Crippen molar-refractivity contribution >= 4 is 18.6 Å². The van der Waals surface area contributed by atoms with Crippen LogP contribution in [0, 0.1) is 54.3 Å². The Balaban J connectivity index is 2.35. The van der Waals surface area contributed by atoms with Crippen LogP contribution in [0.4, 0.5) is 0 Å². The van der Waals surface area contributed by atoms with Gasteiger partial charge in [0.25, 0.3) is 0 Å². The number of unbranched alkanes of at least 4 members (excludes halogenated alkanes) is 4. The standard InChI is InChI=1S/C53H63N4/c1-8-11-27-47(5)43-55-36-22-14-18-32-51-42-53(34-20-16-24-39-57-40-26-30-49(7)45-57)52(33-19-15-23-37-56-44-48(6)28-12-9-2)41-50(51)31-17-13-21-35-54-38-25-29-46(4)10-3/h8-12,25-30,38,40-45H,13-16,21-24,35-37,39H2,1-7H3/q+1/b11-8-,12-9-,29-25-,46-10-,47-27-,48-28-,54-38+,55-43+,56-44+. The van der Waals surface area contributed by atoms with Crippen molar-refractivity contribution in [1.82, 2.24) is 0 Å². The highest BCUT2D eigenvalue weighted by Crippen LogP contribution is 2.16. The topological polar surface area (TPSA) is 41.0 Å². The van der Waals surface area contributed by atoms with Gasteiger partial charge in [-0.3, -0.25) is 15.0 Å². The normalized spacial score (nSPS) is 12.3. The van der Waals surface area contributed by atoms with E-state index in [1.807, 2.05) is 69.8 Å². The van der Waals surface area contributed by atoms with Crippen LogP contribution in [-0.2, 0) is 6.54 Å². The van der Waals surface area contributed by atoms with E-state index in [1.165, 1.54) is 11.1 Å². The molecular formula is C53H63N4+. The Kier molecular flexibility index (Phi) is 25.9. The molecule has 0 saturated heterocycles. The summed E-state index contributed by atoms with van der Waals surface area (Å²) in [7, 11) is 0. The minimum Gasteiger partial charge on any atom is -0.293 e. The molecule has 4 nitrogen and oxygen atoms in total. The summed E-state index contributed by atoms with van der Waals surface area (Å²) in [6.07, 6.45) is 34.9. The Morgan fingerprint density at radius 1 is 0.614 bits per heavy atom. The third kappa shape index (κ3) is 23.6. The molecular weight excluding hydrogens is 693 g/mol. The summed E-state index contributed by atoms with van der Waals surface area (Å²) in [5.41, 5.74) is 8.30. The van der Waals surface area contributed by atoms with Crippen molar-refractivity contribution in [3.63, 3.8) is 0 Å². The average Bonchev–Trinajstić information content (AvgIpc) is 3.21. The second-order valence-electron chi connectivity index (χ2n) is 13.6. The van der Waals surface area contributed by atoms with Gasteiger partial charge < -0.3 is 0 Å². The number of aromatic nitrogens is 1. The van der Waals surface area contributed by atoms with E-state index in [1.54, 1.807) is 0 Å². The Morgan fingerprint density at radius 3 is 1.54 bits per heavy atom. The van der Waals surface area contributed by atoms with Gasteiger partial charge in [-0.15, -0.1) is 0 Å². The zero-order valence-corrected chi connectivity index (χ0v) is 35.7. The van der Waals surface area contributed by atoms with Gasteiger partial charge in [-0.25, -0.2) is 4.57 Å². The lowest BCUT2D eigenvalue weighted by atomic mass is 9.98. The summed E-state index contributed by atoms with van der Waals surface area (Å²) in [5, 5.41) is 0. The minimum absolute atomic E-state index is 0.733. The zero-order valence-electron chi connectivity index (χ0n) is 35.7. The van der Waals surface area contributed by atoms with Gasteiger partial charge in [0.1, 0.15) is 6.54 Å². The number of allylic oxidation sites excluding steroid dienone is 12. The minimum atomic E-state index is 0.733. The van der Waals surface area contributed by atoms with Gasteiger partial charge >= 0.3 is 0 Å². The van der Waals surface area contributed by atoms with Crippen molar-refractivity contribution in [2.24, 2.45) is 15.0 Å². The molecule has 0 amide bonds. The van der Waals surface area contributed by atoms with E-state index in [0.717, 1.165) is 111 Å². The lowest BCUT2D eigenvalue weighted by Gasteiger charge is -2.03. The molecule has 2 aromatic rings. The van der Waals surface area contributed by atoms with E-state index in [2.05, 4.69) is 156 Å². The number of benzene rings is 1. The molecule has 0 fully saturated rings. The van der Waals surface area contributed by atoms with Crippen LogP contribution >= 0.6 is 0 Å². The SMILES string of the molecule is C\C=C/C=C(C)\C=N\CCCC#Cc1cc(C#CCCC[n+]2cccc(C)c2)c(C#CCCC/N=C/C(C)=C\C=C/C)cc1C#CCCC/N=C/C=C\C(C)=C/C. The number of pyridine rings is 1. The summed E-state index contributed by atoms with van der Waals surface area (Å²) in [4.78, 5) is 13.6. The highest BCUT2D eigenvalue weighted by atomic mass is 14.9. The monoisotopic (exact) mass is 756 g/mol. The summed E-state index contributed by atoms with van der Waals surface area (Å²) in [6.45, 7) is 17.5. The van der Waals surface area contributed by atoms with Crippen molar-refractivity contribution in [1.29, 1.82) is 0 Å². The molecule has 1 aromatic heterocycles. The number of nitrogens with zero attached hydrogens (tertiary/aromatic N) is 4. The molecule has 0 aliphatic heterocycles. The maximum atomic E-state index is 4.57. The average molecular weight is 756 g/mol. The molecule has 0 aliphatic carbocycles. The van der Waals surface area contributed by atoms with Gasteiger partial charge in [-0.2, -0.15) is 0 Å². The number of aryl methyl sites for hydroxylation is 2. The first-order valence-corrected chi connectivity index (χ1v) is 20.3. The molecule has 0 N–H and O–H groups in total. The van der Waals surface area contributed by atoms with Crippen LogP contribution < -0.4 is 4.57 Å². The largest absolute Gasteiger partial charge is 0.293 e. The highest BCUT2D eigenvalue weighted by Gasteiger charge is 2.06. The van der Waals surface area contributed by atoms with Gasteiger partial charge in [-0.05, 0) is 103 Å². The Morgan fingerprint density at radius 2 is 1.09 bits per heavy atom. The van der Waals surface area contributed by atoms with E-state index in [9.17, 15) is 0 Å². The first-order valence-electron chi connectivity index (χ1n) is 20.3. The van der Waals surface area contributed by atoms with E-state index in [-0.39, 0.29) is 0 Å². The Bertz CT molecular complexity index is 2080. The summed E-state index contributed by atoms with van der Waals surface area (Å²) >= 11 is 0. The zero-order chi connectivity index (χ0) is 41.2. The van der Waals surface area contributed by atoms with E-state index < -0.39 is 0 Å². The second-order valence-corrected chi connectivity index (χ2v) is 13.6. The molecule has 0 radical (unpaired) electrons. The van der Waals surface area contributed by atoms with Crippen LogP contribution in [0.2, 0.25) is 0 Å². The molecule has 0 atom stereocenters. The van der Waals surface area contributed by atoms with Crippen LogP contribution in [0.15, 0.2) is 123 Å². The fourth-order valence-corrected chi connectivity index (χ4v) is 4.99. The van der Waals surface area contributed by atoms with Crippen molar-refractivity contribution in [2.45, 2.75) is 106 Å². The molecule has 0 saturated carbocycles. The van der Waals surface area contributed by atoms with Gasteiger partial charge in [0.2, 0.25) is 0 Å². The maximum Gasteiger partial charge on any atom is 0.171 e. The number of hydrogen-bond donors (Lipinski definition) is 0. The quantitative estimate of drug-likeness (QED) is 0.0478. The van der Waals surface area contributed by atoms with Gasteiger partial charge in [0.05, 0.1) is 0 Å². The second kappa shape index (κ2) is 31.3. The van der Waals surface area contributed by atoms with E-state index >= 15 is 0 Å². The van der Waals surface area contributed by atoms with Gasteiger partial charge in [0.15, 0.2) is 12.4 Å². The highest BCUT2D eigenvalue weighted by molar-refractivity contribution is 5.78. The van der Waals surface area contributed by atoms with Gasteiger partial charge in [0, 0.05) is 104 Å². The smallest absolute Gasteiger partial charge is 0.171 e. The Hall–Kier alpha value is -5.94. The maximum absolute atomic E-state index is 4.57. The molecule has 4 heteroatoms. The third-order valence-corrected chi connectivity index (χ3v) is 8.24. The van der Waals surface area contributed by atoms with Crippen molar-refractivity contribution in [3.8, 4) is 47.4 Å². The van der Waals surface area contributed by atoms with E-state index in [0.29, 0.717) is 0 Å². The summed E-state index contributed by atoms with van der Waals surface area (Å²) in [5.74, 6) is 27.3. The van der Waals surface area contributed by atoms with Crippen molar-refractivity contribution in [3.05, 3.63) is 136 Å². The first-order chi connectivity index (χ1) is 27.9. The van der Waals surface area contributed by atoms with Crippen LogP contribution in [0.3, 0.4) is 0 Å². The Labute approximate surface area is 346 Å². The molecule has 1 aromatic carbocycles. The predicted octanol–water partition coefficient (Wildman–Crippen LogP) is 11.3. The predicted molar refractivity (Wildman–Crippen MR) is 248 cm³/mol. The fourth-order valence-electron chi connectivity index (χ4n) is 4.99. The summed E-state index contributed by atoms with van der Waals surface area (Å²) in [6, 6.07) is 8.38. The molecule has 294 valence electrons. The number of rotatable bonds is 18. The number of hydrogen-bond acceptors (Lipinski definition) is 3. The van der Waals surface area contributed by atoms with Crippen LogP contribution in [0.25, 0.3) is 0 Å². The van der Waals surface area contributed by atoms with E-state index in [4.69, 9.17) is 0 Å². The van der Waals surface area contributed by atoms with Crippen LogP contribution in [0.1, 0.15) is 121 Å². The number of aliphatic imine (C=N–C) groups is 3. The van der Waals surface area contributed by atoms with Crippen LogP contribution in [-0.4, -0.2) is 38.3 Å². The lowest BCUT2D eigenvalue weighted by molar-refractivity contribution is -0.697. The molecule has 0 spiro atoms. The van der Waals surface area contributed by atoms with Crippen molar-refractivity contribution < 1.29 is 4.57 Å².